The van der Waals surface area contributed by atoms with Crippen molar-refractivity contribution < 1.29 is 4.79 Å². The summed E-state index contributed by atoms with van der Waals surface area (Å²) in [5.41, 5.74) is 0.554. The molecule has 2 rings (SSSR count). The lowest BCUT2D eigenvalue weighted by atomic mass is 10.3. The molecule has 3 N–H and O–H groups in total. The van der Waals surface area contributed by atoms with Gasteiger partial charge in [-0.3, -0.25) is 14.9 Å². The molecule has 0 saturated carbocycles. The van der Waals surface area contributed by atoms with Gasteiger partial charge in [-0.15, -0.1) is 11.3 Å². The number of H-pyrrole nitrogens is 1. The summed E-state index contributed by atoms with van der Waals surface area (Å²) < 4.78 is 0.625. The second kappa shape index (κ2) is 5.94. The first kappa shape index (κ1) is 13.7. The zero-order valence-electron chi connectivity index (χ0n) is 10.8. The van der Waals surface area contributed by atoms with Crippen LogP contribution in [0.4, 0.5) is 0 Å². The maximum absolute atomic E-state index is 11.7. The highest BCUT2D eigenvalue weighted by molar-refractivity contribution is 7.17. The van der Waals surface area contributed by atoms with Gasteiger partial charge in [-0.2, -0.15) is 0 Å². The third-order valence-electron chi connectivity index (χ3n) is 2.68. The molecule has 0 radical (unpaired) electrons. The maximum Gasteiger partial charge on any atom is 0.268 e. The summed E-state index contributed by atoms with van der Waals surface area (Å²) in [6, 6.07) is 1.48. The highest BCUT2D eigenvalue weighted by Gasteiger charge is 2.12. The van der Waals surface area contributed by atoms with E-state index in [4.69, 9.17) is 0 Å². The van der Waals surface area contributed by atoms with Gasteiger partial charge in [0.2, 0.25) is 5.91 Å². The minimum absolute atomic E-state index is 0.0681. The van der Waals surface area contributed by atoms with E-state index >= 15 is 0 Å². The fraction of sp³-hybridized carbons (Fsp3) is 0.417. The highest BCUT2D eigenvalue weighted by Crippen LogP contribution is 2.13. The first-order valence-corrected chi connectivity index (χ1v) is 6.97. The average Bonchev–Trinajstić information content (AvgIpc) is 2.85. The Labute approximate surface area is 114 Å². The summed E-state index contributed by atoms with van der Waals surface area (Å²) in [6.45, 7) is 4.58. The standard InChI is InChI=1S/C12H16N4O2S/c1-3-13-11(17)7(2)14-6-9-15-8-4-5-19-10(8)12(18)16-9/h4-5,7,14H,3,6H2,1-2H3,(H,13,17)(H,15,16,18). The van der Waals surface area contributed by atoms with Crippen LogP contribution in [0.5, 0.6) is 0 Å². The first-order chi connectivity index (χ1) is 9.11. The Morgan fingerprint density at radius 2 is 2.37 bits per heavy atom. The molecule has 1 unspecified atom stereocenters. The van der Waals surface area contributed by atoms with Crippen molar-refractivity contribution in [3.05, 3.63) is 27.6 Å². The molecule has 2 aromatic rings. The van der Waals surface area contributed by atoms with Crippen molar-refractivity contribution in [1.29, 1.82) is 0 Å². The second-order valence-electron chi connectivity index (χ2n) is 4.14. The van der Waals surface area contributed by atoms with E-state index in [-0.39, 0.29) is 17.5 Å². The molecule has 19 heavy (non-hydrogen) atoms. The average molecular weight is 280 g/mol. The molecule has 1 amide bonds. The molecule has 1 atom stereocenters. The summed E-state index contributed by atoms with van der Waals surface area (Å²) in [6.07, 6.45) is 0. The minimum Gasteiger partial charge on any atom is -0.355 e. The van der Waals surface area contributed by atoms with Crippen molar-refractivity contribution in [1.82, 2.24) is 20.6 Å². The van der Waals surface area contributed by atoms with E-state index < -0.39 is 0 Å². The number of hydrogen-bond acceptors (Lipinski definition) is 5. The number of aromatic amines is 1. The smallest absolute Gasteiger partial charge is 0.268 e. The lowest BCUT2D eigenvalue weighted by Gasteiger charge is -2.12. The molecule has 6 nitrogen and oxygen atoms in total. The molecule has 7 heteroatoms. The predicted molar refractivity (Wildman–Crippen MR) is 75.2 cm³/mol. The van der Waals surface area contributed by atoms with Crippen molar-refractivity contribution in [3.8, 4) is 0 Å². The van der Waals surface area contributed by atoms with Crippen LogP contribution in [0.2, 0.25) is 0 Å². The molecule has 0 aliphatic heterocycles. The number of amides is 1. The second-order valence-corrected chi connectivity index (χ2v) is 5.06. The molecule has 0 aliphatic rings. The predicted octanol–water partition coefficient (Wildman–Crippen LogP) is 0.599. The maximum atomic E-state index is 11.7. The minimum atomic E-state index is -0.330. The van der Waals surface area contributed by atoms with Crippen LogP contribution >= 0.6 is 11.3 Å². The third kappa shape index (κ3) is 3.18. The van der Waals surface area contributed by atoms with Gasteiger partial charge in [0.15, 0.2) is 0 Å². The summed E-state index contributed by atoms with van der Waals surface area (Å²) in [5.74, 6) is 0.466. The fourth-order valence-corrected chi connectivity index (χ4v) is 2.40. The Bertz CT molecular complexity index is 634. The Hall–Kier alpha value is -1.73. The molecule has 0 saturated heterocycles. The Morgan fingerprint density at radius 3 is 3.11 bits per heavy atom. The molecule has 102 valence electrons. The van der Waals surface area contributed by atoms with Crippen molar-refractivity contribution in [2.24, 2.45) is 0 Å². The molecule has 2 heterocycles. The zero-order chi connectivity index (χ0) is 13.8. The summed E-state index contributed by atoms with van der Waals surface area (Å²) in [7, 11) is 0. The van der Waals surface area contributed by atoms with Crippen LogP contribution in [0.3, 0.4) is 0 Å². The Balaban J connectivity index is 2.05. The van der Waals surface area contributed by atoms with Crippen LogP contribution in [-0.2, 0) is 11.3 Å². The van der Waals surface area contributed by atoms with Gasteiger partial charge in [0.05, 0.1) is 18.1 Å². The number of thiophene rings is 1. The number of fused-ring (bicyclic) bond motifs is 1. The number of aromatic nitrogens is 2. The summed E-state index contributed by atoms with van der Waals surface area (Å²) in [4.78, 5) is 30.3. The van der Waals surface area contributed by atoms with Gasteiger partial charge in [0.25, 0.3) is 5.56 Å². The van der Waals surface area contributed by atoms with Crippen LogP contribution in [0.25, 0.3) is 10.2 Å². The number of nitrogens with zero attached hydrogens (tertiary/aromatic N) is 1. The molecular weight excluding hydrogens is 264 g/mol. The van der Waals surface area contributed by atoms with E-state index in [2.05, 4.69) is 20.6 Å². The zero-order valence-corrected chi connectivity index (χ0v) is 11.6. The molecule has 0 aromatic carbocycles. The van der Waals surface area contributed by atoms with Crippen LogP contribution in [0.1, 0.15) is 19.7 Å². The van der Waals surface area contributed by atoms with Gasteiger partial charge in [0.1, 0.15) is 10.5 Å². The van der Waals surface area contributed by atoms with Crippen LogP contribution in [-0.4, -0.2) is 28.5 Å². The van der Waals surface area contributed by atoms with E-state index in [0.717, 1.165) is 0 Å². The molecule has 0 aliphatic carbocycles. The monoisotopic (exact) mass is 280 g/mol. The summed E-state index contributed by atoms with van der Waals surface area (Å²) >= 11 is 1.37. The van der Waals surface area contributed by atoms with Crippen molar-refractivity contribution >= 4 is 27.5 Å². The lowest BCUT2D eigenvalue weighted by molar-refractivity contribution is -0.122. The SMILES string of the molecule is CCNC(=O)C(C)NCc1nc2ccsc2c(=O)[nH]1. The quantitative estimate of drug-likeness (QED) is 0.748. The molecule has 0 spiro atoms. The van der Waals surface area contributed by atoms with Crippen LogP contribution in [0.15, 0.2) is 16.2 Å². The van der Waals surface area contributed by atoms with Gasteiger partial charge < -0.3 is 10.3 Å². The number of rotatable bonds is 5. The van der Waals surface area contributed by atoms with Crippen molar-refractivity contribution in [3.63, 3.8) is 0 Å². The number of carbonyl (C=O) groups is 1. The normalized spacial score (nSPS) is 12.5. The topological polar surface area (TPSA) is 86.9 Å². The molecule has 0 fully saturated rings. The van der Waals surface area contributed by atoms with Gasteiger partial charge in [-0.05, 0) is 25.3 Å². The fourth-order valence-electron chi connectivity index (χ4n) is 1.68. The van der Waals surface area contributed by atoms with Crippen LogP contribution < -0.4 is 16.2 Å². The van der Waals surface area contributed by atoms with E-state index in [9.17, 15) is 9.59 Å². The van der Waals surface area contributed by atoms with Gasteiger partial charge in [-0.25, -0.2) is 4.98 Å². The van der Waals surface area contributed by atoms with E-state index in [0.29, 0.717) is 29.1 Å². The number of carbonyl (C=O) groups excluding carboxylic acids is 1. The Kier molecular flexibility index (Phi) is 4.28. The number of hydrogen-bond donors (Lipinski definition) is 3. The van der Waals surface area contributed by atoms with E-state index in [1.165, 1.54) is 11.3 Å². The van der Waals surface area contributed by atoms with Crippen molar-refractivity contribution in [2.75, 3.05) is 6.54 Å². The Morgan fingerprint density at radius 1 is 1.58 bits per heavy atom. The highest BCUT2D eigenvalue weighted by atomic mass is 32.1. The molecule has 2 aromatic heterocycles. The van der Waals surface area contributed by atoms with Gasteiger partial charge in [0, 0.05) is 6.54 Å². The third-order valence-corrected chi connectivity index (χ3v) is 3.59. The van der Waals surface area contributed by atoms with Gasteiger partial charge in [-0.1, -0.05) is 0 Å². The largest absolute Gasteiger partial charge is 0.355 e. The van der Waals surface area contributed by atoms with Crippen molar-refractivity contribution in [2.45, 2.75) is 26.4 Å². The number of nitrogens with one attached hydrogen (secondary N) is 3. The van der Waals surface area contributed by atoms with E-state index in [1.807, 2.05) is 18.4 Å². The summed E-state index contributed by atoms with van der Waals surface area (Å²) in [5, 5.41) is 7.59. The van der Waals surface area contributed by atoms with Crippen LogP contribution in [0, 0.1) is 0 Å². The lowest BCUT2D eigenvalue weighted by Crippen LogP contribution is -2.42. The first-order valence-electron chi connectivity index (χ1n) is 6.09. The van der Waals surface area contributed by atoms with E-state index in [1.54, 1.807) is 6.92 Å². The molecule has 0 bridgehead atoms. The van der Waals surface area contributed by atoms with Gasteiger partial charge >= 0.3 is 0 Å². The number of likely N-dealkylation sites (N-methyl/N-ethyl adjacent to an activating group) is 1. The molecular formula is C12H16N4O2S.